The van der Waals surface area contributed by atoms with E-state index in [-0.39, 0.29) is 16.8 Å². The van der Waals surface area contributed by atoms with E-state index in [1.807, 2.05) is 0 Å². The molecule has 0 atom stereocenters. The van der Waals surface area contributed by atoms with Crippen LogP contribution in [0.1, 0.15) is 51.5 Å². The van der Waals surface area contributed by atoms with E-state index in [1.165, 1.54) is 33.1 Å². The van der Waals surface area contributed by atoms with Gasteiger partial charge in [0.2, 0.25) is 0 Å². The number of likely N-dealkylation sites (tertiary alicyclic amines) is 1. The number of allylic oxidation sites excluding steroid dienone is 2. The molecule has 10 heteroatoms. The summed E-state index contributed by atoms with van der Waals surface area (Å²) in [5.74, 6) is -1.71. The third-order valence-corrected chi connectivity index (χ3v) is 7.20. The van der Waals surface area contributed by atoms with Crippen LogP contribution in [0.5, 0.6) is 0 Å². The lowest BCUT2D eigenvalue weighted by molar-refractivity contribution is -0.137. The summed E-state index contributed by atoms with van der Waals surface area (Å²) in [6.07, 6.45) is 3.39. The van der Waals surface area contributed by atoms with Gasteiger partial charge in [-0.3, -0.25) is 0 Å². The van der Waals surface area contributed by atoms with Crippen LogP contribution in [0.15, 0.2) is 40.7 Å². The number of thiocarbonyl (C=S) groups is 1. The molecule has 202 valence electrons. The van der Waals surface area contributed by atoms with E-state index in [0.717, 1.165) is 32.0 Å². The van der Waals surface area contributed by atoms with Gasteiger partial charge < -0.3 is 30.3 Å². The minimum absolute atomic E-state index is 0.141. The van der Waals surface area contributed by atoms with Crippen molar-refractivity contribution >= 4 is 35.0 Å². The van der Waals surface area contributed by atoms with E-state index in [1.54, 1.807) is 26.0 Å². The Morgan fingerprint density at radius 1 is 1.11 bits per heavy atom. The number of anilines is 1. The van der Waals surface area contributed by atoms with Crippen molar-refractivity contribution in [3.63, 3.8) is 0 Å². The Hall–Kier alpha value is -2.98. The fraction of sp³-hybridized carbons (Fsp3) is 0.519. The van der Waals surface area contributed by atoms with Crippen molar-refractivity contribution in [2.45, 2.75) is 46.0 Å². The van der Waals surface area contributed by atoms with E-state index < -0.39 is 23.7 Å². The summed E-state index contributed by atoms with van der Waals surface area (Å²) in [5, 5.41) is 9.42. The van der Waals surface area contributed by atoms with E-state index in [9.17, 15) is 14.0 Å². The van der Waals surface area contributed by atoms with E-state index in [0.29, 0.717) is 28.6 Å². The number of ether oxygens (including phenoxy) is 2. The maximum Gasteiger partial charge on any atom is 0.336 e. The maximum absolute atomic E-state index is 14.8. The van der Waals surface area contributed by atoms with Crippen LogP contribution in [0.4, 0.5) is 10.1 Å². The number of benzene rings is 1. The lowest BCUT2D eigenvalue weighted by atomic mass is 9.80. The summed E-state index contributed by atoms with van der Waals surface area (Å²) in [6.45, 7) is 9.65. The normalized spacial score (nSPS) is 17.4. The maximum atomic E-state index is 14.8. The second-order valence-corrected chi connectivity index (χ2v) is 10.0. The quantitative estimate of drug-likeness (QED) is 0.263. The zero-order valence-electron chi connectivity index (χ0n) is 22.2. The predicted octanol–water partition coefficient (Wildman–Crippen LogP) is 3.81. The molecule has 0 radical (unpaired) electrons. The van der Waals surface area contributed by atoms with Gasteiger partial charge in [-0.05, 0) is 88.6 Å². The highest BCUT2D eigenvalue weighted by molar-refractivity contribution is 7.80. The molecule has 0 unspecified atom stereocenters. The molecule has 37 heavy (non-hydrogen) atoms. The molecule has 0 saturated carbocycles. The van der Waals surface area contributed by atoms with E-state index in [4.69, 9.17) is 21.7 Å². The molecule has 2 aliphatic heterocycles. The number of carbonyl (C=O) groups excluding carboxylic acids is 2. The van der Waals surface area contributed by atoms with Crippen LogP contribution < -0.4 is 16.0 Å². The number of carbonyl (C=O) groups is 2. The van der Waals surface area contributed by atoms with Crippen LogP contribution in [0.3, 0.4) is 0 Å². The third-order valence-electron chi connectivity index (χ3n) is 6.96. The average molecular weight is 533 g/mol. The third kappa shape index (κ3) is 7.07. The SMILES string of the molecule is COC(=O)C1=C(C)NC(C)=C(C(=O)OC)C1c1ccc(F)c(NC(=S)NCCCN2CCC(C)CC2)c1. The van der Waals surface area contributed by atoms with Gasteiger partial charge in [0, 0.05) is 17.9 Å². The second-order valence-electron chi connectivity index (χ2n) is 9.62. The van der Waals surface area contributed by atoms with Gasteiger partial charge in [-0.25, -0.2) is 14.0 Å². The first-order valence-corrected chi connectivity index (χ1v) is 13.0. The summed E-state index contributed by atoms with van der Waals surface area (Å²) in [6, 6.07) is 4.38. The first kappa shape index (κ1) is 28.6. The second kappa shape index (κ2) is 13.0. The topological polar surface area (TPSA) is 91.9 Å². The Bertz CT molecular complexity index is 1060. The molecule has 1 aromatic rings. The molecule has 2 heterocycles. The van der Waals surface area contributed by atoms with Crippen molar-refractivity contribution in [2.24, 2.45) is 5.92 Å². The van der Waals surface area contributed by atoms with Gasteiger partial charge >= 0.3 is 11.9 Å². The Morgan fingerprint density at radius 3 is 2.27 bits per heavy atom. The molecule has 8 nitrogen and oxygen atoms in total. The summed E-state index contributed by atoms with van der Waals surface area (Å²) in [7, 11) is 2.55. The van der Waals surface area contributed by atoms with Crippen molar-refractivity contribution < 1.29 is 23.5 Å². The molecule has 0 aromatic heterocycles. The fourth-order valence-corrected chi connectivity index (χ4v) is 5.08. The lowest BCUT2D eigenvalue weighted by Crippen LogP contribution is -2.36. The summed E-state index contributed by atoms with van der Waals surface area (Å²) < 4.78 is 24.8. The molecule has 1 aromatic carbocycles. The van der Waals surface area contributed by atoms with Gasteiger partial charge in [-0.2, -0.15) is 0 Å². The van der Waals surface area contributed by atoms with E-state index in [2.05, 4.69) is 27.8 Å². The number of hydrogen-bond acceptors (Lipinski definition) is 7. The molecule has 3 rings (SSSR count). The molecule has 1 fully saturated rings. The molecule has 0 amide bonds. The Morgan fingerprint density at radius 2 is 1.70 bits per heavy atom. The number of methoxy groups -OCH3 is 2. The number of nitrogens with one attached hydrogen (secondary N) is 3. The number of piperidine rings is 1. The largest absolute Gasteiger partial charge is 0.466 e. The highest BCUT2D eigenvalue weighted by Gasteiger charge is 2.37. The van der Waals surface area contributed by atoms with Crippen LogP contribution in [0, 0.1) is 11.7 Å². The highest BCUT2D eigenvalue weighted by atomic mass is 32.1. The van der Waals surface area contributed by atoms with Crippen LogP contribution in [0.2, 0.25) is 0 Å². The Balaban J connectivity index is 1.75. The summed E-state index contributed by atoms with van der Waals surface area (Å²) in [5.41, 5.74) is 2.24. The fourth-order valence-electron chi connectivity index (χ4n) is 4.86. The van der Waals surface area contributed by atoms with Gasteiger partial charge in [0.05, 0.1) is 37.0 Å². The zero-order valence-corrected chi connectivity index (χ0v) is 23.0. The molecule has 1 saturated heterocycles. The minimum Gasteiger partial charge on any atom is -0.466 e. The van der Waals surface area contributed by atoms with Gasteiger partial charge in [0.15, 0.2) is 5.11 Å². The van der Waals surface area contributed by atoms with Crippen molar-refractivity contribution in [3.05, 3.63) is 52.1 Å². The van der Waals surface area contributed by atoms with Crippen molar-refractivity contribution in [1.82, 2.24) is 15.5 Å². The minimum atomic E-state index is -0.809. The highest BCUT2D eigenvalue weighted by Crippen LogP contribution is 2.40. The number of dihydropyridines is 1. The van der Waals surface area contributed by atoms with Crippen molar-refractivity contribution in [3.8, 4) is 0 Å². The number of rotatable bonds is 8. The van der Waals surface area contributed by atoms with E-state index >= 15 is 0 Å². The molecule has 3 N–H and O–H groups in total. The number of nitrogens with zero attached hydrogens (tertiary/aromatic N) is 1. The Labute approximate surface area is 223 Å². The van der Waals surface area contributed by atoms with Crippen LogP contribution >= 0.6 is 12.2 Å². The first-order chi connectivity index (χ1) is 17.7. The summed E-state index contributed by atoms with van der Waals surface area (Å²) in [4.78, 5) is 27.9. The van der Waals surface area contributed by atoms with Crippen LogP contribution in [-0.2, 0) is 19.1 Å². The summed E-state index contributed by atoms with van der Waals surface area (Å²) >= 11 is 5.41. The monoisotopic (exact) mass is 532 g/mol. The molecular formula is C27H37FN4O4S. The first-order valence-electron chi connectivity index (χ1n) is 12.6. The molecule has 0 bridgehead atoms. The van der Waals surface area contributed by atoms with Crippen molar-refractivity contribution in [1.29, 1.82) is 0 Å². The molecule has 0 spiro atoms. The predicted molar refractivity (Wildman–Crippen MR) is 145 cm³/mol. The van der Waals surface area contributed by atoms with Gasteiger partial charge in [-0.1, -0.05) is 13.0 Å². The number of esters is 2. The molecule has 2 aliphatic rings. The van der Waals surface area contributed by atoms with Crippen LogP contribution in [-0.4, -0.2) is 62.3 Å². The lowest BCUT2D eigenvalue weighted by Gasteiger charge is -2.30. The van der Waals surface area contributed by atoms with Gasteiger partial charge in [-0.15, -0.1) is 0 Å². The zero-order chi connectivity index (χ0) is 27.1. The van der Waals surface area contributed by atoms with Crippen molar-refractivity contribution in [2.75, 3.05) is 45.7 Å². The van der Waals surface area contributed by atoms with Crippen LogP contribution in [0.25, 0.3) is 0 Å². The van der Waals surface area contributed by atoms with Gasteiger partial charge in [0.1, 0.15) is 5.82 Å². The molecule has 0 aliphatic carbocycles. The number of halogens is 1. The smallest absolute Gasteiger partial charge is 0.336 e. The molecular weight excluding hydrogens is 495 g/mol. The van der Waals surface area contributed by atoms with Gasteiger partial charge in [0.25, 0.3) is 0 Å². The Kier molecular flexibility index (Phi) is 10.0. The standard InChI is InChI=1S/C27H37FN4O4S/c1-16-9-13-32(14-10-16)12-6-11-29-27(37)31-21-15-19(7-8-20(21)28)24-22(25(33)35-4)17(2)30-18(3)23(24)26(34)36-5/h7-8,15-16,24,30H,6,9-14H2,1-5H3,(H2,29,31,37). The average Bonchev–Trinajstić information content (AvgIpc) is 2.87. The number of hydrogen-bond donors (Lipinski definition) is 3.